The lowest BCUT2D eigenvalue weighted by molar-refractivity contribution is -0.132. The van der Waals surface area contributed by atoms with Crippen LogP contribution in [0.3, 0.4) is 0 Å². The summed E-state index contributed by atoms with van der Waals surface area (Å²) in [7, 11) is 0. The van der Waals surface area contributed by atoms with Crippen LogP contribution in [-0.4, -0.2) is 59.5 Å². The molecule has 0 atom stereocenters. The first-order valence-electron chi connectivity index (χ1n) is 11.3. The molecule has 1 saturated heterocycles. The first-order valence-corrected chi connectivity index (χ1v) is 12.1. The number of rotatable bonds is 7. The fraction of sp³-hybridized carbons (Fsp3) is 0.667. The summed E-state index contributed by atoms with van der Waals surface area (Å²) in [6.07, 6.45) is 3.53. The molecule has 0 radical (unpaired) electrons. The second kappa shape index (κ2) is 10.3. The van der Waals surface area contributed by atoms with Crippen molar-refractivity contribution in [3.05, 3.63) is 15.8 Å². The van der Waals surface area contributed by atoms with Crippen molar-refractivity contribution in [1.29, 1.82) is 0 Å². The minimum Gasteiger partial charge on any atom is -0.477 e. The number of aliphatic hydroxyl groups excluding tert-OH is 1. The summed E-state index contributed by atoms with van der Waals surface area (Å²) >= 11 is 1.09. The molecule has 2 heterocycles. The third-order valence-corrected chi connectivity index (χ3v) is 6.93. The number of anilines is 1. The van der Waals surface area contributed by atoms with Gasteiger partial charge in [-0.05, 0) is 58.4 Å². The van der Waals surface area contributed by atoms with Crippen molar-refractivity contribution >= 4 is 28.9 Å². The summed E-state index contributed by atoms with van der Waals surface area (Å²) in [5.41, 5.74) is 0.110. The fourth-order valence-corrected chi connectivity index (χ4v) is 4.84. The van der Waals surface area contributed by atoms with Gasteiger partial charge >= 0.3 is 5.97 Å². The fourth-order valence-electron chi connectivity index (χ4n) is 4.01. The number of ether oxygens (including phenoxy) is 1. The van der Waals surface area contributed by atoms with Crippen LogP contribution in [0.25, 0.3) is 0 Å². The highest BCUT2D eigenvalue weighted by molar-refractivity contribution is 7.15. The number of aliphatic hydroxyl groups is 1. The molecule has 0 spiro atoms. The van der Waals surface area contributed by atoms with E-state index in [0.717, 1.165) is 37.0 Å². The van der Waals surface area contributed by atoms with Gasteiger partial charge in [-0.3, -0.25) is 4.79 Å². The van der Waals surface area contributed by atoms with Crippen LogP contribution >= 0.6 is 11.3 Å². The summed E-state index contributed by atoms with van der Waals surface area (Å²) in [6.45, 7) is 9.13. The minimum atomic E-state index is -1.09. The molecule has 0 bridgehead atoms. The predicted molar refractivity (Wildman–Crippen MR) is 125 cm³/mol. The third kappa shape index (κ3) is 5.90. The monoisotopic (exact) mass is 462 g/mol. The Labute approximate surface area is 194 Å². The Hall–Kier alpha value is -1.92. The molecule has 1 aromatic rings. The number of nitrogens with zero attached hydrogens (tertiary/aromatic N) is 2. The maximum Gasteiger partial charge on any atom is 0.348 e. The molecule has 32 heavy (non-hydrogen) atoms. The Morgan fingerprint density at radius 2 is 1.88 bits per heavy atom. The zero-order valence-corrected chi connectivity index (χ0v) is 20.2. The zero-order valence-electron chi connectivity index (χ0n) is 19.4. The van der Waals surface area contributed by atoms with Gasteiger partial charge in [0.2, 0.25) is 5.91 Å². The molecule has 1 amide bonds. The Bertz CT molecular complexity index is 882. The van der Waals surface area contributed by atoms with E-state index in [1.54, 1.807) is 11.1 Å². The first kappa shape index (κ1) is 24.7. The Kier molecular flexibility index (Phi) is 7.99. The Morgan fingerprint density at radius 1 is 1.22 bits per heavy atom. The topological polar surface area (TPSA) is 90.3 Å². The van der Waals surface area contributed by atoms with E-state index in [0.29, 0.717) is 29.7 Å². The number of hydrazine groups is 1. The molecule has 1 aliphatic heterocycles. The van der Waals surface area contributed by atoms with Crippen molar-refractivity contribution in [2.24, 2.45) is 17.3 Å². The zero-order chi connectivity index (χ0) is 23.5. The second-order valence-electron chi connectivity index (χ2n) is 9.81. The summed E-state index contributed by atoms with van der Waals surface area (Å²) in [6, 6.07) is 1.62. The van der Waals surface area contributed by atoms with Crippen LogP contribution in [0.1, 0.15) is 67.9 Å². The molecule has 1 aromatic heterocycles. The molecule has 0 aromatic carbocycles. The van der Waals surface area contributed by atoms with E-state index in [-0.39, 0.29) is 41.3 Å². The highest BCUT2D eigenvalue weighted by atomic mass is 32.1. The van der Waals surface area contributed by atoms with Crippen LogP contribution < -0.4 is 5.01 Å². The first-order chi connectivity index (χ1) is 15.1. The van der Waals surface area contributed by atoms with Crippen LogP contribution in [0.4, 0.5) is 5.69 Å². The van der Waals surface area contributed by atoms with Gasteiger partial charge in [0.1, 0.15) is 4.88 Å². The highest BCUT2D eigenvalue weighted by Crippen LogP contribution is 2.37. The van der Waals surface area contributed by atoms with Crippen molar-refractivity contribution in [3.63, 3.8) is 0 Å². The summed E-state index contributed by atoms with van der Waals surface area (Å²) in [4.78, 5) is 26.6. The van der Waals surface area contributed by atoms with Crippen molar-refractivity contribution < 1.29 is 24.5 Å². The normalized spacial score (nSPS) is 21.6. The Morgan fingerprint density at radius 3 is 2.38 bits per heavy atom. The van der Waals surface area contributed by atoms with Crippen molar-refractivity contribution in [3.8, 4) is 11.8 Å². The molecule has 8 heteroatoms. The average Bonchev–Trinajstić information content (AvgIpc) is 3.09. The van der Waals surface area contributed by atoms with Gasteiger partial charge in [-0.15, -0.1) is 11.3 Å². The smallest absolute Gasteiger partial charge is 0.348 e. The van der Waals surface area contributed by atoms with Crippen LogP contribution in [0, 0.1) is 29.1 Å². The largest absolute Gasteiger partial charge is 0.477 e. The maximum atomic E-state index is 13.8. The van der Waals surface area contributed by atoms with Crippen LogP contribution in [0.2, 0.25) is 0 Å². The van der Waals surface area contributed by atoms with Gasteiger partial charge in [-0.1, -0.05) is 18.8 Å². The van der Waals surface area contributed by atoms with E-state index in [9.17, 15) is 19.8 Å². The molecule has 0 unspecified atom stereocenters. The van der Waals surface area contributed by atoms with Crippen LogP contribution in [-0.2, 0) is 9.53 Å². The average molecular weight is 463 g/mol. The van der Waals surface area contributed by atoms with Crippen molar-refractivity contribution in [1.82, 2.24) is 5.01 Å². The number of carboxylic acids is 1. The van der Waals surface area contributed by atoms with E-state index in [1.165, 1.54) is 5.01 Å². The second-order valence-corrected chi connectivity index (χ2v) is 10.9. The van der Waals surface area contributed by atoms with Crippen molar-refractivity contribution in [2.45, 2.75) is 59.4 Å². The number of amides is 1. The number of carbonyl (C=O) groups excluding carboxylic acids is 1. The summed E-state index contributed by atoms with van der Waals surface area (Å²) < 4.78 is 5.35. The molecule has 1 aliphatic carbocycles. The number of aromatic carboxylic acids is 1. The lowest BCUT2D eigenvalue weighted by atomic mass is 9.82. The molecule has 2 fully saturated rings. The third-order valence-electron chi connectivity index (χ3n) is 5.90. The molecular weight excluding hydrogens is 428 g/mol. The van der Waals surface area contributed by atoms with E-state index in [2.05, 4.69) is 18.8 Å². The van der Waals surface area contributed by atoms with Crippen LogP contribution in [0.5, 0.6) is 0 Å². The van der Waals surface area contributed by atoms with E-state index >= 15 is 0 Å². The van der Waals surface area contributed by atoms with Crippen molar-refractivity contribution in [2.75, 3.05) is 31.4 Å². The lowest BCUT2D eigenvalue weighted by Gasteiger charge is -2.44. The molecule has 2 aliphatic rings. The SMILES string of the molecule is CC1CCC(C(=O)N(c2cc(C#CC(C)(C)C)sc2C(=O)O)N(CCO)C2COC2)CC1. The maximum absolute atomic E-state index is 13.8. The molecule has 1 saturated carbocycles. The van der Waals surface area contributed by atoms with Gasteiger partial charge in [0.15, 0.2) is 0 Å². The highest BCUT2D eigenvalue weighted by Gasteiger charge is 2.39. The van der Waals surface area contributed by atoms with E-state index in [4.69, 9.17) is 4.74 Å². The minimum absolute atomic E-state index is 0.0840. The van der Waals surface area contributed by atoms with Gasteiger partial charge in [0, 0.05) is 17.9 Å². The molecule has 7 nitrogen and oxygen atoms in total. The summed E-state index contributed by atoms with van der Waals surface area (Å²) in [5, 5.41) is 23.0. The predicted octanol–water partition coefficient (Wildman–Crippen LogP) is 3.61. The number of hydrogen-bond acceptors (Lipinski definition) is 6. The number of hydrogen-bond donors (Lipinski definition) is 2. The van der Waals surface area contributed by atoms with E-state index < -0.39 is 5.97 Å². The van der Waals surface area contributed by atoms with E-state index in [1.807, 2.05) is 20.8 Å². The van der Waals surface area contributed by atoms with Gasteiger partial charge in [0.25, 0.3) is 0 Å². The standard InChI is InChI=1S/C24H34N2O5S/c1-16-5-7-17(8-6-16)22(28)26(25(11-12-27)18-14-31-15-18)20-13-19(9-10-24(2,3)4)32-21(20)23(29)30/h13,16-18,27H,5-8,11-12,14-15H2,1-4H3,(H,29,30). The number of carboxylic acid groups (broad SMARTS) is 1. The Balaban J connectivity index is 2.05. The number of thiophene rings is 1. The van der Waals surface area contributed by atoms with Gasteiger partial charge in [0.05, 0.1) is 36.4 Å². The molecule has 176 valence electrons. The molecule has 2 N–H and O–H groups in total. The van der Waals surface area contributed by atoms with Crippen LogP contribution in [0.15, 0.2) is 6.07 Å². The summed E-state index contributed by atoms with van der Waals surface area (Å²) in [5.74, 6) is 5.46. The molecule has 3 rings (SSSR count). The number of carbonyl (C=O) groups is 2. The van der Waals surface area contributed by atoms with Gasteiger partial charge in [-0.25, -0.2) is 14.8 Å². The molecular formula is C24H34N2O5S. The van der Waals surface area contributed by atoms with Gasteiger partial charge < -0.3 is 14.9 Å². The lowest BCUT2D eigenvalue weighted by Crippen LogP contribution is -2.61. The van der Waals surface area contributed by atoms with Gasteiger partial charge in [-0.2, -0.15) is 0 Å². The quantitative estimate of drug-likeness (QED) is 0.475.